The normalized spacial score (nSPS) is 10.2. The van der Waals surface area contributed by atoms with Crippen molar-refractivity contribution in [1.29, 1.82) is 0 Å². The van der Waals surface area contributed by atoms with Crippen LogP contribution in [-0.4, -0.2) is 15.9 Å². The Kier molecular flexibility index (Phi) is 3.53. The molecule has 6 heteroatoms. The highest BCUT2D eigenvalue weighted by molar-refractivity contribution is 6.29. The lowest BCUT2D eigenvalue weighted by atomic mass is 10.1. The molecule has 0 aliphatic rings. The van der Waals surface area contributed by atoms with Crippen LogP contribution in [0.15, 0.2) is 30.6 Å². The minimum Gasteiger partial charge on any atom is -0.305 e. The molecule has 1 N–H and O–H groups in total. The van der Waals surface area contributed by atoms with Crippen LogP contribution in [0.1, 0.15) is 15.9 Å². The summed E-state index contributed by atoms with van der Waals surface area (Å²) in [5.41, 5.74) is 0.689. The van der Waals surface area contributed by atoms with Crippen LogP contribution in [-0.2, 0) is 0 Å². The maximum absolute atomic E-state index is 13.3. The molecule has 18 heavy (non-hydrogen) atoms. The number of aromatic nitrogens is 2. The van der Waals surface area contributed by atoms with Gasteiger partial charge in [0.05, 0.1) is 12.4 Å². The summed E-state index contributed by atoms with van der Waals surface area (Å²) in [5.74, 6) is -0.682. The monoisotopic (exact) mass is 265 g/mol. The Hall–Kier alpha value is -2.01. The second-order valence-electron chi connectivity index (χ2n) is 3.65. The summed E-state index contributed by atoms with van der Waals surface area (Å²) in [6.45, 7) is 1.62. The Bertz CT molecular complexity index is 604. The first-order valence-electron chi connectivity index (χ1n) is 5.11. The van der Waals surface area contributed by atoms with Gasteiger partial charge in [0.2, 0.25) is 0 Å². The molecule has 2 rings (SSSR count). The molecule has 1 heterocycles. The van der Waals surface area contributed by atoms with E-state index in [1.165, 1.54) is 30.6 Å². The highest BCUT2D eigenvalue weighted by Gasteiger charge is 2.09. The quantitative estimate of drug-likeness (QED) is 0.908. The molecule has 1 amide bonds. The predicted molar refractivity (Wildman–Crippen MR) is 66.1 cm³/mol. The van der Waals surface area contributed by atoms with E-state index in [4.69, 9.17) is 11.6 Å². The molecule has 4 nitrogen and oxygen atoms in total. The lowest BCUT2D eigenvalue weighted by Gasteiger charge is -2.05. The van der Waals surface area contributed by atoms with Crippen LogP contribution in [0, 0.1) is 12.7 Å². The summed E-state index contributed by atoms with van der Waals surface area (Å²) in [7, 11) is 0. The first-order valence-corrected chi connectivity index (χ1v) is 5.49. The molecule has 0 radical (unpaired) electrons. The van der Waals surface area contributed by atoms with Gasteiger partial charge in [0.25, 0.3) is 5.91 Å². The van der Waals surface area contributed by atoms with E-state index in [2.05, 4.69) is 15.3 Å². The van der Waals surface area contributed by atoms with Crippen LogP contribution in [0.25, 0.3) is 0 Å². The van der Waals surface area contributed by atoms with Crippen molar-refractivity contribution in [2.24, 2.45) is 0 Å². The summed E-state index contributed by atoms with van der Waals surface area (Å²) >= 11 is 5.64. The number of nitrogens with one attached hydrogen (secondary N) is 1. The molecule has 1 aromatic heterocycles. The fourth-order valence-corrected chi connectivity index (χ4v) is 1.47. The Labute approximate surface area is 108 Å². The number of rotatable bonds is 2. The number of amides is 1. The Morgan fingerprint density at radius 3 is 2.83 bits per heavy atom. The van der Waals surface area contributed by atoms with E-state index >= 15 is 0 Å². The van der Waals surface area contributed by atoms with Gasteiger partial charge in [-0.05, 0) is 24.6 Å². The average molecular weight is 266 g/mol. The summed E-state index contributed by atoms with van der Waals surface area (Å²) in [6, 6.07) is 4.24. The van der Waals surface area contributed by atoms with Crippen molar-refractivity contribution in [2.45, 2.75) is 6.92 Å². The Morgan fingerprint density at radius 1 is 1.39 bits per heavy atom. The van der Waals surface area contributed by atoms with E-state index in [9.17, 15) is 9.18 Å². The van der Waals surface area contributed by atoms with Gasteiger partial charge >= 0.3 is 0 Å². The van der Waals surface area contributed by atoms with Gasteiger partial charge in [0.1, 0.15) is 11.0 Å². The molecule has 1 aromatic carbocycles. The van der Waals surface area contributed by atoms with Crippen molar-refractivity contribution in [3.63, 3.8) is 0 Å². The van der Waals surface area contributed by atoms with E-state index in [-0.39, 0.29) is 16.5 Å². The van der Waals surface area contributed by atoms with Gasteiger partial charge in [-0.1, -0.05) is 17.7 Å². The predicted octanol–water partition coefficient (Wildman–Crippen LogP) is 2.83. The molecular formula is C12H9ClFN3O. The molecule has 0 spiro atoms. The lowest BCUT2D eigenvalue weighted by Crippen LogP contribution is -2.13. The van der Waals surface area contributed by atoms with Crippen molar-refractivity contribution < 1.29 is 9.18 Å². The van der Waals surface area contributed by atoms with Crippen molar-refractivity contribution in [2.75, 3.05) is 5.32 Å². The third-order valence-corrected chi connectivity index (χ3v) is 2.46. The zero-order valence-electron chi connectivity index (χ0n) is 9.45. The fraction of sp³-hybridized carbons (Fsp3) is 0.0833. The first kappa shape index (κ1) is 12.4. The van der Waals surface area contributed by atoms with Crippen molar-refractivity contribution in [3.05, 3.63) is 52.7 Å². The summed E-state index contributed by atoms with van der Waals surface area (Å²) in [6.07, 6.45) is 2.71. The number of nitrogens with zero attached hydrogens (tertiary/aromatic N) is 2. The Morgan fingerprint density at radius 2 is 2.17 bits per heavy atom. The van der Waals surface area contributed by atoms with Gasteiger partial charge in [-0.3, -0.25) is 9.78 Å². The van der Waals surface area contributed by atoms with E-state index in [1.54, 1.807) is 6.92 Å². The average Bonchev–Trinajstić information content (AvgIpc) is 2.32. The summed E-state index contributed by atoms with van der Waals surface area (Å²) < 4.78 is 13.3. The SMILES string of the molecule is Cc1ccc(C(=O)Nc2cncc(Cl)n2)cc1F. The number of carbonyl (C=O) groups is 1. The third kappa shape index (κ3) is 2.81. The first-order chi connectivity index (χ1) is 8.56. The lowest BCUT2D eigenvalue weighted by molar-refractivity contribution is 0.102. The number of carbonyl (C=O) groups excluding carboxylic acids is 1. The number of hydrogen-bond acceptors (Lipinski definition) is 3. The minimum atomic E-state index is -0.467. The smallest absolute Gasteiger partial charge is 0.256 e. The molecular weight excluding hydrogens is 257 g/mol. The fourth-order valence-electron chi connectivity index (χ4n) is 1.32. The van der Waals surface area contributed by atoms with Crippen molar-refractivity contribution >= 4 is 23.3 Å². The van der Waals surface area contributed by atoms with Crippen LogP contribution in [0.5, 0.6) is 0 Å². The molecule has 92 valence electrons. The van der Waals surface area contributed by atoms with Gasteiger partial charge in [-0.25, -0.2) is 9.37 Å². The third-order valence-electron chi connectivity index (χ3n) is 2.28. The van der Waals surface area contributed by atoms with Crippen LogP contribution in [0.2, 0.25) is 5.15 Å². The van der Waals surface area contributed by atoms with Crippen LogP contribution in [0.4, 0.5) is 10.2 Å². The Balaban J connectivity index is 2.19. The number of anilines is 1. The zero-order valence-corrected chi connectivity index (χ0v) is 10.2. The molecule has 0 aliphatic carbocycles. The number of halogens is 2. The molecule has 2 aromatic rings. The van der Waals surface area contributed by atoms with Crippen LogP contribution < -0.4 is 5.32 Å². The highest BCUT2D eigenvalue weighted by atomic mass is 35.5. The topological polar surface area (TPSA) is 54.9 Å². The summed E-state index contributed by atoms with van der Waals surface area (Å²) in [5, 5.41) is 2.65. The summed E-state index contributed by atoms with van der Waals surface area (Å²) in [4.78, 5) is 19.4. The van der Waals surface area contributed by atoms with Gasteiger partial charge in [0.15, 0.2) is 5.82 Å². The molecule has 0 atom stereocenters. The number of aryl methyl sites for hydroxylation is 1. The standard InChI is InChI=1S/C12H9ClFN3O/c1-7-2-3-8(4-9(7)14)12(18)17-11-6-15-5-10(13)16-11/h2-6H,1H3,(H,16,17,18). The van der Waals surface area contributed by atoms with E-state index in [0.717, 1.165) is 0 Å². The molecule has 0 saturated heterocycles. The molecule has 0 saturated carbocycles. The van der Waals surface area contributed by atoms with Gasteiger partial charge in [0, 0.05) is 5.56 Å². The highest BCUT2D eigenvalue weighted by Crippen LogP contribution is 2.12. The van der Waals surface area contributed by atoms with Crippen LogP contribution in [0.3, 0.4) is 0 Å². The number of hydrogen-bond donors (Lipinski definition) is 1. The van der Waals surface area contributed by atoms with Crippen molar-refractivity contribution in [3.8, 4) is 0 Å². The zero-order chi connectivity index (χ0) is 13.1. The molecule has 0 unspecified atom stereocenters. The number of benzene rings is 1. The van der Waals surface area contributed by atoms with Gasteiger partial charge < -0.3 is 5.32 Å². The van der Waals surface area contributed by atoms with E-state index < -0.39 is 11.7 Å². The maximum atomic E-state index is 13.3. The maximum Gasteiger partial charge on any atom is 0.256 e. The largest absolute Gasteiger partial charge is 0.305 e. The molecule has 0 bridgehead atoms. The van der Waals surface area contributed by atoms with Crippen LogP contribution >= 0.6 is 11.6 Å². The minimum absolute atomic E-state index is 0.169. The van der Waals surface area contributed by atoms with Gasteiger partial charge in [-0.2, -0.15) is 0 Å². The molecule has 0 fully saturated rings. The molecule has 0 aliphatic heterocycles. The van der Waals surface area contributed by atoms with Crippen molar-refractivity contribution in [1.82, 2.24) is 9.97 Å². The second-order valence-corrected chi connectivity index (χ2v) is 4.03. The second kappa shape index (κ2) is 5.10. The van der Waals surface area contributed by atoms with E-state index in [1.807, 2.05) is 0 Å². The van der Waals surface area contributed by atoms with E-state index in [0.29, 0.717) is 5.56 Å². The van der Waals surface area contributed by atoms with Gasteiger partial charge in [-0.15, -0.1) is 0 Å².